The number of nitrogens with zero attached hydrogens (tertiary/aromatic N) is 1. The molecule has 0 spiro atoms. The molecule has 5 heteroatoms. The Morgan fingerprint density at radius 2 is 2.22 bits per heavy atom. The van der Waals surface area contributed by atoms with Crippen molar-refractivity contribution in [2.24, 2.45) is 5.92 Å². The minimum absolute atomic E-state index is 0.00371. The average molecular weight is 314 g/mol. The predicted octanol–water partition coefficient (Wildman–Crippen LogP) is 1.85. The molecule has 1 fully saturated rings. The number of ether oxygens (including phenoxy) is 1. The molecule has 1 aliphatic heterocycles. The number of hydrogen-bond acceptors (Lipinski definition) is 3. The lowest BCUT2D eigenvalue weighted by Crippen LogP contribution is -2.30. The van der Waals surface area contributed by atoms with Crippen LogP contribution in [0.25, 0.3) is 10.9 Å². The zero-order valence-corrected chi connectivity index (χ0v) is 13.4. The van der Waals surface area contributed by atoms with E-state index in [-0.39, 0.29) is 17.9 Å². The monoisotopic (exact) mass is 314 g/mol. The molecule has 1 saturated heterocycles. The fraction of sp³-hybridized carbons (Fsp3) is 0.444. The van der Waals surface area contributed by atoms with Gasteiger partial charge in [0.05, 0.1) is 5.52 Å². The predicted molar refractivity (Wildman–Crippen MR) is 89.5 cm³/mol. The van der Waals surface area contributed by atoms with Gasteiger partial charge < -0.3 is 14.6 Å². The van der Waals surface area contributed by atoms with Gasteiger partial charge in [0.25, 0.3) is 0 Å². The molecule has 1 aliphatic rings. The standard InChI is InChI=1S/C18H22N2O3/c1-13-10-17(21)15-4-2-3-5-16(15)20(13)11-18(22)19-8-6-14-7-9-23-12-14/h2-5,10,14H,6-9,11-12H2,1H3,(H,19,22)/t14-/m1/s1. The van der Waals surface area contributed by atoms with Crippen LogP contribution < -0.4 is 10.7 Å². The second-order valence-corrected chi connectivity index (χ2v) is 6.12. The Hall–Kier alpha value is -2.14. The summed E-state index contributed by atoms with van der Waals surface area (Å²) >= 11 is 0. The van der Waals surface area contributed by atoms with E-state index in [9.17, 15) is 9.59 Å². The fourth-order valence-electron chi connectivity index (χ4n) is 3.09. The van der Waals surface area contributed by atoms with Crippen LogP contribution in [0.5, 0.6) is 0 Å². The summed E-state index contributed by atoms with van der Waals surface area (Å²) in [6.45, 7) is 4.40. The highest BCUT2D eigenvalue weighted by Gasteiger charge is 2.15. The largest absolute Gasteiger partial charge is 0.381 e. The van der Waals surface area contributed by atoms with E-state index in [1.807, 2.05) is 29.7 Å². The SMILES string of the molecule is Cc1cc(=O)c2ccccc2n1CC(=O)NCC[C@@H]1CCOC1. The molecule has 1 aromatic carbocycles. The van der Waals surface area contributed by atoms with Gasteiger partial charge >= 0.3 is 0 Å². The number of benzene rings is 1. The minimum atomic E-state index is -0.0270. The molecule has 1 amide bonds. The number of fused-ring (bicyclic) bond motifs is 1. The molecular weight excluding hydrogens is 292 g/mol. The van der Waals surface area contributed by atoms with Gasteiger partial charge in [-0.1, -0.05) is 12.1 Å². The molecule has 2 heterocycles. The van der Waals surface area contributed by atoms with Crippen molar-refractivity contribution in [2.45, 2.75) is 26.3 Å². The number of hydrogen-bond donors (Lipinski definition) is 1. The van der Waals surface area contributed by atoms with E-state index in [0.29, 0.717) is 17.8 Å². The van der Waals surface area contributed by atoms with Crippen LogP contribution in [0.15, 0.2) is 35.1 Å². The van der Waals surface area contributed by atoms with Crippen molar-refractivity contribution in [3.05, 3.63) is 46.2 Å². The van der Waals surface area contributed by atoms with Crippen LogP contribution in [0.1, 0.15) is 18.5 Å². The molecule has 0 saturated carbocycles. The summed E-state index contributed by atoms with van der Waals surface area (Å²) in [6.07, 6.45) is 2.04. The number of carbonyl (C=O) groups is 1. The number of aryl methyl sites for hydroxylation is 1. The van der Waals surface area contributed by atoms with E-state index in [4.69, 9.17) is 4.74 Å². The highest BCUT2D eigenvalue weighted by atomic mass is 16.5. The first kappa shape index (κ1) is 15.7. The third-order valence-electron chi connectivity index (χ3n) is 4.43. The molecule has 2 aromatic rings. The summed E-state index contributed by atoms with van der Waals surface area (Å²) in [4.78, 5) is 24.3. The average Bonchev–Trinajstić information content (AvgIpc) is 3.05. The molecule has 0 unspecified atom stereocenters. The topological polar surface area (TPSA) is 60.3 Å². The lowest BCUT2D eigenvalue weighted by Gasteiger charge is -2.15. The molecule has 0 bridgehead atoms. The third-order valence-corrected chi connectivity index (χ3v) is 4.43. The first-order valence-electron chi connectivity index (χ1n) is 8.09. The van der Waals surface area contributed by atoms with E-state index in [1.165, 1.54) is 0 Å². The van der Waals surface area contributed by atoms with Gasteiger partial charge in [-0.2, -0.15) is 0 Å². The van der Waals surface area contributed by atoms with Gasteiger partial charge in [-0.05, 0) is 37.8 Å². The lowest BCUT2D eigenvalue weighted by atomic mass is 10.1. The van der Waals surface area contributed by atoms with E-state index in [0.717, 1.165) is 37.3 Å². The zero-order chi connectivity index (χ0) is 16.2. The smallest absolute Gasteiger partial charge is 0.239 e. The normalized spacial score (nSPS) is 17.5. The van der Waals surface area contributed by atoms with Gasteiger partial charge in [0.1, 0.15) is 6.54 Å². The van der Waals surface area contributed by atoms with Crippen LogP contribution in [0.4, 0.5) is 0 Å². The Bertz CT molecular complexity index is 760. The van der Waals surface area contributed by atoms with E-state index in [1.54, 1.807) is 12.1 Å². The fourth-order valence-corrected chi connectivity index (χ4v) is 3.09. The molecule has 1 N–H and O–H groups in total. The highest BCUT2D eigenvalue weighted by molar-refractivity contribution is 5.82. The van der Waals surface area contributed by atoms with Gasteiger partial charge in [-0.3, -0.25) is 9.59 Å². The van der Waals surface area contributed by atoms with E-state index in [2.05, 4.69) is 5.32 Å². The Kier molecular flexibility index (Phi) is 4.76. The number of carbonyl (C=O) groups excluding carboxylic acids is 1. The van der Waals surface area contributed by atoms with E-state index < -0.39 is 0 Å². The maximum Gasteiger partial charge on any atom is 0.239 e. The Balaban J connectivity index is 1.68. The first-order valence-corrected chi connectivity index (χ1v) is 8.09. The first-order chi connectivity index (χ1) is 11.1. The Morgan fingerprint density at radius 1 is 1.39 bits per heavy atom. The maximum absolute atomic E-state index is 12.2. The molecule has 0 radical (unpaired) electrons. The second kappa shape index (κ2) is 6.96. The Labute approximate surface area is 135 Å². The summed E-state index contributed by atoms with van der Waals surface area (Å²) in [6, 6.07) is 8.99. The van der Waals surface area contributed by atoms with Crippen LogP contribution in [-0.2, 0) is 16.1 Å². The summed E-state index contributed by atoms with van der Waals surface area (Å²) in [7, 11) is 0. The van der Waals surface area contributed by atoms with Crippen LogP contribution in [0, 0.1) is 12.8 Å². The summed E-state index contributed by atoms with van der Waals surface area (Å²) in [5.41, 5.74) is 1.60. The molecule has 23 heavy (non-hydrogen) atoms. The number of nitrogens with one attached hydrogen (secondary N) is 1. The number of para-hydroxylation sites is 1. The summed E-state index contributed by atoms with van der Waals surface area (Å²) < 4.78 is 7.23. The van der Waals surface area contributed by atoms with Crippen molar-refractivity contribution >= 4 is 16.8 Å². The maximum atomic E-state index is 12.2. The quantitative estimate of drug-likeness (QED) is 0.916. The highest BCUT2D eigenvalue weighted by Crippen LogP contribution is 2.15. The molecular formula is C18H22N2O3. The number of aromatic nitrogens is 1. The van der Waals surface area contributed by atoms with Crippen molar-refractivity contribution < 1.29 is 9.53 Å². The second-order valence-electron chi connectivity index (χ2n) is 6.12. The van der Waals surface area contributed by atoms with Crippen LogP contribution in [0.2, 0.25) is 0 Å². The molecule has 3 rings (SSSR count). The van der Waals surface area contributed by atoms with Crippen LogP contribution in [-0.4, -0.2) is 30.2 Å². The molecule has 1 aromatic heterocycles. The minimum Gasteiger partial charge on any atom is -0.381 e. The van der Waals surface area contributed by atoms with Crippen molar-refractivity contribution in [2.75, 3.05) is 19.8 Å². The van der Waals surface area contributed by atoms with Gasteiger partial charge in [0, 0.05) is 36.9 Å². The number of rotatable bonds is 5. The van der Waals surface area contributed by atoms with Gasteiger partial charge in [-0.15, -0.1) is 0 Å². The Morgan fingerprint density at radius 3 is 3.00 bits per heavy atom. The van der Waals surface area contributed by atoms with Crippen molar-refractivity contribution in [3.63, 3.8) is 0 Å². The van der Waals surface area contributed by atoms with Gasteiger partial charge in [0.15, 0.2) is 5.43 Å². The summed E-state index contributed by atoms with van der Waals surface area (Å²) in [5.74, 6) is 0.533. The van der Waals surface area contributed by atoms with Crippen molar-refractivity contribution in [1.29, 1.82) is 0 Å². The third kappa shape index (κ3) is 3.62. The molecule has 5 nitrogen and oxygen atoms in total. The summed E-state index contributed by atoms with van der Waals surface area (Å²) in [5, 5.41) is 3.62. The number of pyridine rings is 1. The van der Waals surface area contributed by atoms with Crippen molar-refractivity contribution in [3.8, 4) is 0 Å². The van der Waals surface area contributed by atoms with Crippen molar-refractivity contribution in [1.82, 2.24) is 9.88 Å². The van der Waals surface area contributed by atoms with Crippen LogP contribution >= 0.6 is 0 Å². The number of amides is 1. The van der Waals surface area contributed by atoms with Crippen LogP contribution in [0.3, 0.4) is 0 Å². The van der Waals surface area contributed by atoms with E-state index >= 15 is 0 Å². The zero-order valence-electron chi connectivity index (χ0n) is 13.4. The molecule has 122 valence electrons. The van der Waals surface area contributed by atoms with Gasteiger partial charge in [-0.25, -0.2) is 0 Å². The van der Waals surface area contributed by atoms with Gasteiger partial charge in [0.2, 0.25) is 5.91 Å². The molecule has 1 atom stereocenters. The molecule has 0 aliphatic carbocycles. The lowest BCUT2D eigenvalue weighted by molar-refractivity contribution is -0.121.